The molecule has 8 nitrogen and oxygen atoms in total. The maximum absolute atomic E-state index is 13.0. The van der Waals surface area contributed by atoms with Crippen LogP contribution in [0.4, 0.5) is 4.79 Å². The van der Waals surface area contributed by atoms with Gasteiger partial charge < -0.3 is 23.7 Å². The van der Waals surface area contributed by atoms with Crippen LogP contribution < -0.4 is 4.74 Å². The number of rotatable bonds is 11. The van der Waals surface area contributed by atoms with Crippen molar-refractivity contribution in [2.24, 2.45) is 29.6 Å². The molecule has 1 aromatic rings. The van der Waals surface area contributed by atoms with Crippen molar-refractivity contribution in [1.29, 1.82) is 0 Å². The van der Waals surface area contributed by atoms with Crippen LogP contribution in [0.2, 0.25) is 0 Å². The van der Waals surface area contributed by atoms with Crippen LogP contribution >= 0.6 is 0 Å². The number of carbonyl (C=O) groups is 2. The van der Waals surface area contributed by atoms with Gasteiger partial charge in [-0.3, -0.25) is 9.69 Å². The van der Waals surface area contributed by atoms with Gasteiger partial charge >= 0.3 is 12.1 Å². The number of methoxy groups -OCH3 is 3. The molecule has 1 amide bonds. The third-order valence-electron chi connectivity index (χ3n) is 8.63. The van der Waals surface area contributed by atoms with Gasteiger partial charge in [0.1, 0.15) is 18.1 Å². The van der Waals surface area contributed by atoms with Gasteiger partial charge in [-0.25, -0.2) is 4.79 Å². The number of likely N-dealkylation sites (tertiary alicyclic amines) is 1. The highest BCUT2D eigenvalue weighted by atomic mass is 16.6. The monoisotopic (exact) mass is 515 g/mol. The van der Waals surface area contributed by atoms with E-state index < -0.39 is 0 Å². The summed E-state index contributed by atoms with van der Waals surface area (Å²) in [6.07, 6.45) is 5.16. The second-order valence-corrected chi connectivity index (χ2v) is 10.5. The smallest absolute Gasteiger partial charge is 0.411 e. The van der Waals surface area contributed by atoms with Crippen molar-refractivity contribution in [2.45, 2.75) is 64.0 Å². The molecule has 4 rings (SSSR count). The average molecular weight is 516 g/mol. The van der Waals surface area contributed by atoms with Gasteiger partial charge in [0.25, 0.3) is 0 Å². The average Bonchev–Trinajstić information content (AvgIpc) is 3.44. The summed E-state index contributed by atoms with van der Waals surface area (Å²) in [5, 5.41) is 0. The van der Waals surface area contributed by atoms with Crippen molar-refractivity contribution in [3.63, 3.8) is 0 Å². The number of esters is 1. The van der Waals surface area contributed by atoms with Crippen LogP contribution in [0.3, 0.4) is 0 Å². The van der Waals surface area contributed by atoms with E-state index in [9.17, 15) is 9.59 Å². The lowest BCUT2D eigenvalue weighted by atomic mass is 9.60. The van der Waals surface area contributed by atoms with E-state index >= 15 is 0 Å². The van der Waals surface area contributed by atoms with Crippen LogP contribution in [0.25, 0.3) is 0 Å². The molecule has 0 N–H and O–H groups in total. The molecule has 2 heterocycles. The summed E-state index contributed by atoms with van der Waals surface area (Å²) >= 11 is 0. The first-order valence-corrected chi connectivity index (χ1v) is 13.4. The lowest BCUT2D eigenvalue weighted by Gasteiger charge is -2.48. The van der Waals surface area contributed by atoms with Gasteiger partial charge in [0.15, 0.2) is 0 Å². The highest BCUT2D eigenvalue weighted by Gasteiger charge is 2.63. The Morgan fingerprint density at radius 2 is 1.92 bits per heavy atom. The van der Waals surface area contributed by atoms with E-state index in [1.165, 1.54) is 7.11 Å². The van der Waals surface area contributed by atoms with Gasteiger partial charge in [0.05, 0.1) is 26.7 Å². The van der Waals surface area contributed by atoms with Gasteiger partial charge in [-0.1, -0.05) is 31.6 Å². The summed E-state index contributed by atoms with van der Waals surface area (Å²) in [6, 6.07) is 7.82. The number of unbranched alkanes of at least 4 members (excludes halogenated alkanes) is 1. The molecule has 204 valence electrons. The first-order valence-electron chi connectivity index (χ1n) is 13.4. The number of hydrogen-bond acceptors (Lipinski definition) is 7. The molecule has 1 aliphatic carbocycles. The molecule has 1 saturated carbocycles. The first kappa shape index (κ1) is 27.5. The molecule has 0 radical (unpaired) electrons. The van der Waals surface area contributed by atoms with Crippen molar-refractivity contribution in [3.05, 3.63) is 42.5 Å². The standard InChI is InChI=1S/C29H41NO7/c1-6-9-22-21(10-7-8-15-36-17-19-11-13-20(33-3)14-12-19)26-23(25-18(2)28(31)37-27(22)25)16-24(34-4)30(26)29(32)35-5/h6,11-14,18,21-27H,1,7-10,15-17H2,2-5H3/t18-,21+,22+,23+,24?,25+,26+,27-/m0/s1. The Balaban J connectivity index is 1.45. The van der Waals surface area contributed by atoms with Crippen LogP contribution in [0.5, 0.6) is 5.75 Å². The van der Waals surface area contributed by atoms with Crippen LogP contribution in [0, 0.1) is 29.6 Å². The molecule has 37 heavy (non-hydrogen) atoms. The molecule has 2 saturated heterocycles. The van der Waals surface area contributed by atoms with Crippen molar-refractivity contribution in [1.82, 2.24) is 4.90 Å². The van der Waals surface area contributed by atoms with Crippen molar-refractivity contribution < 1.29 is 33.3 Å². The summed E-state index contributed by atoms with van der Waals surface area (Å²) in [4.78, 5) is 27.4. The van der Waals surface area contributed by atoms with Crippen LogP contribution in [-0.2, 0) is 30.3 Å². The van der Waals surface area contributed by atoms with E-state index in [0.717, 1.165) is 37.0 Å². The van der Waals surface area contributed by atoms with E-state index in [1.54, 1.807) is 19.1 Å². The predicted molar refractivity (Wildman–Crippen MR) is 138 cm³/mol. The lowest BCUT2D eigenvalue weighted by molar-refractivity contribution is -0.148. The van der Waals surface area contributed by atoms with Crippen LogP contribution in [-0.4, -0.2) is 63.3 Å². The number of fused-ring (bicyclic) bond motifs is 3. The maximum Gasteiger partial charge on any atom is 0.411 e. The maximum atomic E-state index is 13.0. The Kier molecular flexibility index (Phi) is 9.13. The number of hydrogen-bond donors (Lipinski definition) is 0. The quantitative estimate of drug-likeness (QED) is 0.238. The zero-order valence-corrected chi connectivity index (χ0v) is 22.5. The van der Waals surface area contributed by atoms with E-state index in [2.05, 4.69) is 6.58 Å². The number of allylic oxidation sites excluding steroid dienone is 1. The number of benzene rings is 1. The summed E-state index contributed by atoms with van der Waals surface area (Å²) in [6.45, 7) is 7.15. The topological polar surface area (TPSA) is 83.5 Å². The zero-order chi connectivity index (χ0) is 26.5. The third kappa shape index (κ3) is 5.50. The minimum atomic E-state index is -0.374. The predicted octanol–water partition coefficient (Wildman–Crippen LogP) is 4.81. The van der Waals surface area contributed by atoms with Gasteiger partial charge in [-0.05, 0) is 55.2 Å². The van der Waals surface area contributed by atoms with Crippen molar-refractivity contribution in [2.75, 3.05) is 27.9 Å². The Hall–Kier alpha value is -2.58. The molecule has 3 aliphatic rings. The fourth-order valence-electron chi connectivity index (χ4n) is 6.98. The molecular weight excluding hydrogens is 474 g/mol. The number of amides is 1. The largest absolute Gasteiger partial charge is 0.497 e. The molecule has 8 atom stereocenters. The van der Waals surface area contributed by atoms with Crippen molar-refractivity contribution >= 4 is 12.1 Å². The summed E-state index contributed by atoms with van der Waals surface area (Å²) in [5.41, 5.74) is 1.11. The van der Waals surface area contributed by atoms with E-state index in [0.29, 0.717) is 19.6 Å². The normalized spacial score (nSPS) is 32.4. The summed E-state index contributed by atoms with van der Waals surface area (Å²) in [7, 11) is 4.70. The van der Waals surface area contributed by atoms with Gasteiger partial charge in [0.2, 0.25) is 0 Å². The Labute approximate surface area is 220 Å². The third-order valence-corrected chi connectivity index (χ3v) is 8.63. The van der Waals surface area contributed by atoms with Gasteiger partial charge in [0, 0.05) is 31.6 Å². The number of ether oxygens (including phenoxy) is 5. The second-order valence-electron chi connectivity index (χ2n) is 10.5. The molecule has 1 unspecified atom stereocenters. The number of nitrogens with zero attached hydrogens (tertiary/aromatic N) is 1. The van der Waals surface area contributed by atoms with Crippen LogP contribution in [0.15, 0.2) is 36.9 Å². The van der Waals surface area contributed by atoms with E-state index in [-0.39, 0.29) is 60.0 Å². The Morgan fingerprint density at radius 1 is 1.16 bits per heavy atom. The Bertz CT molecular complexity index is 935. The zero-order valence-electron chi connectivity index (χ0n) is 22.5. The minimum absolute atomic E-state index is 0.0545. The SMILES string of the molecule is C=CC[C@@H]1[C@@H](CCCCOCc2ccc(OC)cc2)[C@@H]2[C@H](CC(OC)N2C(=O)OC)[C@@H]2[C@H]1OC(=O)[C@H]2C. The minimum Gasteiger partial charge on any atom is -0.497 e. The fraction of sp³-hybridized carbons (Fsp3) is 0.655. The first-order chi connectivity index (χ1) is 17.9. The van der Waals surface area contributed by atoms with E-state index in [4.69, 9.17) is 23.7 Å². The molecular formula is C29H41NO7. The highest BCUT2D eigenvalue weighted by Crippen LogP contribution is 2.56. The Morgan fingerprint density at radius 3 is 2.57 bits per heavy atom. The van der Waals surface area contributed by atoms with Crippen molar-refractivity contribution in [3.8, 4) is 5.75 Å². The van der Waals surface area contributed by atoms with Gasteiger partial charge in [-0.15, -0.1) is 6.58 Å². The summed E-state index contributed by atoms with van der Waals surface area (Å²) < 4.78 is 28.1. The molecule has 2 aliphatic heterocycles. The molecule has 8 heteroatoms. The second kappa shape index (κ2) is 12.3. The molecule has 1 aromatic carbocycles. The van der Waals surface area contributed by atoms with E-state index in [1.807, 2.05) is 37.3 Å². The lowest BCUT2D eigenvalue weighted by Crippen LogP contribution is -2.56. The molecule has 3 fully saturated rings. The highest BCUT2D eigenvalue weighted by molar-refractivity contribution is 5.75. The van der Waals surface area contributed by atoms with Gasteiger partial charge in [-0.2, -0.15) is 0 Å². The summed E-state index contributed by atoms with van der Waals surface area (Å²) in [5.74, 6) is 0.903. The van der Waals surface area contributed by atoms with Crippen LogP contribution in [0.1, 0.15) is 44.6 Å². The fourth-order valence-corrected chi connectivity index (χ4v) is 6.98. The molecule has 0 aromatic heterocycles. The number of carbonyl (C=O) groups excluding carboxylic acids is 2. The molecule has 0 spiro atoms. The molecule has 0 bridgehead atoms.